The molecule has 0 aliphatic heterocycles. The predicted octanol–water partition coefficient (Wildman–Crippen LogP) is 4.48. The topological polar surface area (TPSA) is 32.3 Å². The van der Waals surface area contributed by atoms with Gasteiger partial charge in [0.25, 0.3) is 0 Å². The van der Waals surface area contributed by atoms with E-state index in [-0.39, 0.29) is 11.4 Å². The molecule has 0 aliphatic carbocycles. The molecule has 1 atom stereocenters. The first-order chi connectivity index (χ1) is 9.74. The van der Waals surface area contributed by atoms with Crippen molar-refractivity contribution in [1.82, 2.24) is 5.32 Å². The van der Waals surface area contributed by atoms with Crippen molar-refractivity contribution in [3.8, 4) is 11.1 Å². The van der Waals surface area contributed by atoms with Crippen molar-refractivity contribution in [3.05, 3.63) is 57.4 Å². The van der Waals surface area contributed by atoms with E-state index in [0.29, 0.717) is 0 Å². The first kappa shape index (κ1) is 16.4. The highest BCUT2D eigenvalue weighted by molar-refractivity contribution is 14.1. The minimum atomic E-state index is -0.737. The Morgan fingerprint density at radius 3 is 2.24 bits per heavy atom. The van der Waals surface area contributed by atoms with E-state index in [2.05, 4.69) is 27.9 Å². The van der Waals surface area contributed by atoms with E-state index >= 15 is 0 Å². The van der Waals surface area contributed by atoms with Crippen molar-refractivity contribution in [2.45, 2.75) is 32.5 Å². The van der Waals surface area contributed by atoms with E-state index in [9.17, 15) is 9.50 Å². The van der Waals surface area contributed by atoms with E-state index in [1.165, 1.54) is 12.1 Å². The maximum Gasteiger partial charge on any atom is 0.131 e. The fourth-order valence-electron chi connectivity index (χ4n) is 2.07. The summed E-state index contributed by atoms with van der Waals surface area (Å²) in [6.07, 6.45) is -0.737. The third-order valence-electron chi connectivity index (χ3n) is 2.98. The van der Waals surface area contributed by atoms with Crippen LogP contribution in [0.4, 0.5) is 4.39 Å². The van der Waals surface area contributed by atoms with Crippen molar-refractivity contribution in [2.24, 2.45) is 0 Å². The molecule has 0 saturated carbocycles. The lowest BCUT2D eigenvalue weighted by molar-refractivity contribution is 0.107. The average Bonchev–Trinajstić information content (AvgIpc) is 2.36. The van der Waals surface area contributed by atoms with E-state index in [1.54, 1.807) is 12.1 Å². The zero-order valence-electron chi connectivity index (χ0n) is 12.3. The lowest BCUT2D eigenvalue weighted by Crippen LogP contribution is -2.38. The molecule has 0 radical (unpaired) electrons. The van der Waals surface area contributed by atoms with Crippen LogP contribution in [0.25, 0.3) is 11.1 Å². The van der Waals surface area contributed by atoms with Crippen molar-refractivity contribution < 1.29 is 9.50 Å². The number of rotatable bonds is 3. The zero-order chi connectivity index (χ0) is 15.6. The third-order valence-corrected chi connectivity index (χ3v) is 3.61. The van der Waals surface area contributed by atoms with Gasteiger partial charge in [-0.1, -0.05) is 12.1 Å². The summed E-state index contributed by atoms with van der Waals surface area (Å²) in [6, 6.07) is 12.3. The largest absolute Gasteiger partial charge is 0.374 e. The highest BCUT2D eigenvalue weighted by atomic mass is 127. The lowest BCUT2D eigenvalue weighted by Gasteiger charge is -2.25. The summed E-state index contributed by atoms with van der Waals surface area (Å²) in [6.45, 7) is 6.01. The van der Waals surface area contributed by atoms with Gasteiger partial charge in [0.15, 0.2) is 0 Å². The van der Waals surface area contributed by atoms with Crippen molar-refractivity contribution in [2.75, 3.05) is 0 Å². The molecule has 112 valence electrons. The van der Waals surface area contributed by atoms with Crippen LogP contribution in [-0.4, -0.2) is 10.6 Å². The van der Waals surface area contributed by atoms with Gasteiger partial charge in [0, 0.05) is 9.11 Å². The van der Waals surface area contributed by atoms with Gasteiger partial charge in [-0.25, -0.2) is 4.39 Å². The highest BCUT2D eigenvalue weighted by Crippen LogP contribution is 2.26. The van der Waals surface area contributed by atoms with E-state index in [1.807, 2.05) is 39.0 Å². The molecule has 2 aromatic rings. The van der Waals surface area contributed by atoms with Crippen LogP contribution in [-0.2, 0) is 0 Å². The first-order valence-corrected chi connectivity index (χ1v) is 7.85. The SMILES string of the molecule is CC(C)(C)NC(O)c1cc(I)cc(-c2ccc(F)cc2)c1. The Morgan fingerprint density at radius 2 is 1.67 bits per heavy atom. The van der Waals surface area contributed by atoms with Crippen LogP contribution < -0.4 is 5.32 Å². The fraction of sp³-hybridized carbons (Fsp3) is 0.294. The maximum atomic E-state index is 13.0. The van der Waals surface area contributed by atoms with Gasteiger partial charge >= 0.3 is 0 Å². The standard InChI is InChI=1S/C17H19FINO/c1-17(2,3)20-16(21)13-8-12(9-15(19)10-13)11-4-6-14(18)7-5-11/h4-10,16,20-21H,1-3H3. The molecule has 2 N–H and O–H groups in total. The smallest absolute Gasteiger partial charge is 0.131 e. The second kappa shape index (κ2) is 6.42. The summed E-state index contributed by atoms with van der Waals surface area (Å²) in [4.78, 5) is 0. The highest BCUT2D eigenvalue weighted by Gasteiger charge is 2.17. The molecule has 2 rings (SSSR count). The number of hydrogen-bond acceptors (Lipinski definition) is 2. The zero-order valence-corrected chi connectivity index (χ0v) is 14.5. The Balaban J connectivity index is 2.35. The Bertz CT molecular complexity index is 620. The summed E-state index contributed by atoms with van der Waals surface area (Å²) in [5.41, 5.74) is 2.51. The van der Waals surface area contributed by atoms with E-state index < -0.39 is 6.23 Å². The molecule has 0 heterocycles. The minimum Gasteiger partial charge on any atom is -0.374 e. The molecule has 1 unspecified atom stereocenters. The molecule has 4 heteroatoms. The average molecular weight is 399 g/mol. The van der Waals surface area contributed by atoms with Crippen LogP contribution in [0.3, 0.4) is 0 Å². The Morgan fingerprint density at radius 1 is 1.05 bits per heavy atom. The van der Waals surface area contributed by atoms with Gasteiger partial charge in [0.1, 0.15) is 12.0 Å². The second-order valence-corrected chi connectivity index (χ2v) is 7.32. The number of aliphatic hydroxyl groups excluding tert-OH is 1. The summed E-state index contributed by atoms with van der Waals surface area (Å²) >= 11 is 2.22. The van der Waals surface area contributed by atoms with Crippen molar-refractivity contribution in [3.63, 3.8) is 0 Å². The van der Waals surface area contributed by atoms with Gasteiger partial charge in [0.05, 0.1) is 0 Å². The molecular formula is C17H19FINO. The van der Waals surface area contributed by atoms with Crippen molar-refractivity contribution >= 4 is 22.6 Å². The molecule has 0 spiro atoms. The van der Waals surface area contributed by atoms with Crippen LogP contribution in [0.5, 0.6) is 0 Å². The molecule has 0 aliphatic rings. The van der Waals surface area contributed by atoms with Gasteiger partial charge in [-0.2, -0.15) is 0 Å². The van der Waals surface area contributed by atoms with Gasteiger partial charge in [-0.15, -0.1) is 0 Å². The molecule has 0 bridgehead atoms. The molecular weight excluding hydrogens is 380 g/mol. The van der Waals surface area contributed by atoms with Gasteiger partial charge in [-0.3, -0.25) is 5.32 Å². The lowest BCUT2D eigenvalue weighted by atomic mass is 10.0. The summed E-state index contributed by atoms with van der Waals surface area (Å²) < 4.78 is 14.1. The Hall–Kier alpha value is -0.980. The van der Waals surface area contributed by atoms with Crippen LogP contribution in [0.1, 0.15) is 32.6 Å². The van der Waals surface area contributed by atoms with E-state index in [0.717, 1.165) is 20.3 Å². The maximum absolute atomic E-state index is 13.0. The van der Waals surface area contributed by atoms with Crippen LogP contribution in [0.2, 0.25) is 0 Å². The van der Waals surface area contributed by atoms with Gasteiger partial charge in [0.2, 0.25) is 0 Å². The number of aliphatic hydroxyl groups is 1. The van der Waals surface area contributed by atoms with Gasteiger partial charge < -0.3 is 5.11 Å². The molecule has 21 heavy (non-hydrogen) atoms. The number of nitrogens with one attached hydrogen (secondary N) is 1. The molecule has 0 fully saturated rings. The molecule has 0 aromatic heterocycles. The number of halogens is 2. The Kier molecular flexibility index (Phi) is 5.01. The monoisotopic (exact) mass is 399 g/mol. The second-order valence-electron chi connectivity index (χ2n) is 6.08. The van der Waals surface area contributed by atoms with Crippen LogP contribution in [0.15, 0.2) is 42.5 Å². The summed E-state index contributed by atoms with van der Waals surface area (Å²) in [5, 5.41) is 13.5. The van der Waals surface area contributed by atoms with Crippen LogP contribution in [0, 0.1) is 9.39 Å². The fourth-order valence-corrected chi connectivity index (χ4v) is 2.77. The van der Waals surface area contributed by atoms with Crippen molar-refractivity contribution in [1.29, 1.82) is 0 Å². The van der Waals surface area contributed by atoms with E-state index in [4.69, 9.17) is 0 Å². The summed E-state index contributed by atoms with van der Waals surface area (Å²) in [7, 11) is 0. The predicted molar refractivity (Wildman–Crippen MR) is 92.4 cm³/mol. The normalized spacial score (nSPS) is 13.2. The number of hydrogen-bond donors (Lipinski definition) is 2. The molecule has 2 nitrogen and oxygen atoms in total. The minimum absolute atomic E-state index is 0.184. The number of benzene rings is 2. The molecule has 0 saturated heterocycles. The molecule has 0 amide bonds. The Labute approximate surface area is 138 Å². The van der Waals surface area contributed by atoms with Crippen LogP contribution >= 0.6 is 22.6 Å². The molecule has 2 aromatic carbocycles. The third kappa shape index (κ3) is 4.76. The summed E-state index contributed by atoms with van der Waals surface area (Å²) in [5.74, 6) is -0.251. The first-order valence-electron chi connectivity index (χ1n) is 6.77. The van der Waals surface area contributed by atoms with Gasteiger partial charge in [-0.05, 0) is 90.4 Å². The quantitative estimate of drug-likeness (QED) is 0.590.